The van der Waals surface area contributed by atoms with E-state index in [1.165, 1.54) is 11.1 Å². The van der Waals surface area contributed by atoms with E-state index < -0.39 is 11.4 Å². The van der Waals surface area contributed by atoms with Gasteiger partial charge in [-0.25, -0.2) is 9.45 Å². The van der Waals surface area contributed by atoms with Gasteiger partial charge in [-0.2, -0.15) is 0 Å². The molecule has 0 bridgehead atoms. The number of hydrogen-bond acceptors (Lipinski definition) is 3. The predicted molar refractivity (Wildman–Crippen MR) is 92.5 cm³/mol. The van der Waals surface area contributed by atoms with Crippen molar-refractivity contribution < 1.29 is 18.8 Å². The lowest BCUT2D eigenvalue weighted by Crippen LogP contribution is -2.63. The summed E-state index contributed by atoms with van der Waals surface area (Å²) >= 11 is 0. The van der Waals surface area contributed by atoms with Crippen molar-refractivity contribution in [2.45, 2.75) is 25.5 Å². The summed E-state index contributed by atoms with van der Waals surface area (Å²) in [4.78, 5) is 32.2. The number of hydrogen-bond donors (Lipinski definition) is 0. The fourth-order valence-electron chi connectivity index (χ4n) is 3.42. The van der Waals surface area contributed by atoms with Gasteiger partial charge in [0.25, 0.3) is 5.91 Å². The lowest BCUT2D eigenvalue weighted by Gasteiger charge is -2.45. The number of nitrogens with zero attached hydrogens (tertiary/aromatic N) is 2. The maximum atomic E-state index is 13.7. The molecule has 0 radical (unpaired) electrons. The average Bonchev–Trinajstić information content (AvgIpc) is 2.93. The zero-order valence-corrected chi connectivity index (χ0v) is 14.4. The monoisotopic (exact) mass is 354 g/mol. The first-order valence-electron chi connectivity index (χ1n) is 8.55. The van der Waals surface area contributed by atoms with Crippen LogP contribution in [0.2, 0.25) is 0 Å². The van der Waals surface area contributed by atoms with E-state index in [0.29, 0.717) is 30.8 Å². The number of benzene rings is 2. The van der Waals surface area contributed by atoms with Crippen molar-refractivity contribution in [1.29, 1.82) is 0 Å². The van der Waals surface area contributed by atoms with Crippen LogP contribution in [0.25, 0.3) is 0 Å². The van der Waals surface area contributed by atoms with E-state index in [1.54, 1.807) is 24.0 Å². The second kappa shape index (κ2) is 6.21. The minimum Gasteiger partial charge on any atom is -0.332 e. The molecule has 2 amide bonds. The van der Waals surface area contributed by atoms with E-state index in [0.717, 1.165) is 5.56 Å². The van der Waals surface area contributed by atoms with Crippen LogP contribution in [0.1, 0.15) is 27.9 Å². The number of halogens is 1. The van der Waals surface area contributed by atoms with E-state index in [9.17, 15) is 14.0 Å². The molecule has 134 valence electrons. The summed E-state index contributed by atoms with van der Waals surface area (Å²) in [7, 11) is 0. The van der Waals surface area contributed by atoms with Gasteiger partial charge < -0.3 is 4.90 Å². The molecular formula is C20H19FN2O3. The Balaban J connectivity index is 1.40. The van der Waals surface area contributed by atoms with Crippen molar-refractivity contribution in [3.8, 4) is 0 Å². The third-order valence-corrected chi connectivity index (χ3v) is 4.89. The summed E-state index contributed by atoms with van der Waals surface area (Å²) in [5.41, 5.74) is 1.15. The van der Waals surface area contributed by atoms with Gasteiger partial charge in [0, 0.05) is 5.56 Å². The zero-order valence-electron chi connectivity index (χ0n) is 14.4. The normalized spacial score (nSPS) is 18.3. The van der Waals surface area contributed by atoms with Crippen molar-refractivity contribution in [3.05, 3.63) is 71.0 Å². The van der Waals surface area contributed by atoms with Crippen LogP contribution in [-0.4, -0.2) is 40.5 Å². The first-order valence-corrected chi connectivity index (χ1v) is 8.55. The van der Waals surface area contributed by atoms with Crippen LogP contribution >= 0.6 is 0 Å². The molecule has 2 aromatic rings. The van der Waals surface area contributed by atoms with Gasteiger partial charge in [-0.05, 0) is 30.2 Å². The fourth-order valence-corrected chi connectivity index (χ4v) is 3.42. The van der Waals surface area contributed by atoms with E-state index in [-0.39, 0.29) is 18.2 Å². The quantitative estimate of drug-likeness (QED) is 0.852. The van der Waals surface area contributed by atoms with E-state index in [1.807, 2.05) is 30.3 Å². The number of hydroxylamine groups is 2. The second-order valence-corrected chi connectivity index (χ2v) is 6.99. The highest BCUT2D eigenvalue weighted by molar-refractivity contribution is 5.95. The van der Waals surface area contributed by atoms with Crippen molar-refractivity contribution in [2.24, 2.45) is 0 Å². The zero-order chi connectivity index (χ0) is 18.3. The molecule has 0 atom stereocenters. The Hall–Kier alpha value is -2.73. The molecule has 5 nitrogen and oxygen atoms in total. The molecule has 0 N–H and O–H groups in total. The van der Waals surface area contributed by atoms with Gasteiger partial charge in [0.15, 0.2) is 0 Å². The predicted octanol–water partition coefficient (Wildman–Crippen LogP) is 2.69. The largest absolute Gasteiger partial charge is 0.332 e. The Labute approximate surface area is 150 Å². The Morgan fingerprint density at radius 1 is 1.19 bits per heavy atom. The minimum atomic E-state index is -0.648. The SMILES string of the molecule is Cc1ccc(C(=O)N2CC3(CC(=O)N(Cc4ccccc4)O3)C2)cc1F. The Bertz CT molecular complexity index is 863. The summed E-state index contributed by atoms with van der Waals surface area (Å²) in [5, 5.41) is 1.38. The molecule has 2 heterocycles. The Morgan fingerprint density at radius 2 is 1.92 bits per heavy atom. The number of carbonyl (C=O) groups excluding carboxylic acids is 2. The highest BCUT2D eigenvalue weighted by Gasteiger charge is 2.54. The van der Waals surface area contributed by atoms with E-state index >= 15 is 0 Å². The molecule has 0 aromatic heterocycles. The molecule has 0 unspecified atom stereocenters. The van der Waals surface area contributed by atoms with Crippen LogP contribution in [0.5, 0.6) is 0 Å². The summed E-state index contributed by atoms with van der Waals surface area (Å²) in [6, 6.07) is 14.1. The van der Waals surface area contributed by atoms with Gasteiger partial charge >= 0.3 is 0 Å². The van der Waals surface area contributed by atoms with Gasteiger partial charge in [-0.15, -0.1) is 0 Å². The van der Waals surface area contributed by atoms with Crippen molar-refractivity contribution in [3.63, 3.8) is 0 Å². The molecule has 2 fully saturated rings. The average molecular weight is 354 g/mol. The summed E-state index contributed by atoms with van der Waals surface area (Å²) in [6.45, 7) is 2.71. The molecule has 2 aliphatic rings. The molecule has 0 saturated carbocycles. The van der Waals surface area contributed by atoms with E-state index in [2.05, 4.69) is 0 Å². The fraction of sp³-hybridized carbons (Fsp3) is 0.300. The number of amides is 2. The lowest BCUT2D eigenvalue weighted by atomic mass is 9.90. The maximum Gasteiger partial charge on any atom is 0.254 e. The summed E-state index contributed by atoms with van der Waals surface area (Å²) in [6.07, 6.45) is 0.256. The highest BCUT2D eigenvalue weighted by Crippen LogP contribution is 2.37. The number of likely N-dealkylation sites (tertiary alicyclic amines) is 1. The van der Waals surface area contributed by atoms with Gasteiger partial charge in [-0.3, -0.25) is 14.4 Å². The lowest BCUT2D eigenvalue weighted by molar-refractivity contribution is -0.233. The topological polar surface area (TPSA) is 49.9 Å². The Kier molecular flexibility index (Phi) is 4.00. The van der Waals surface area contributed by atoms with Crippen molar-refractivity contribution in [1.82, 2.24) is 9.96 Å². The molecular weight excluding hydrogens is 335 g/mol. The third kappa shape index (κ3) is 2.97. The second-order valence-electron chi connectivity index (χ2n) is 6.99. The molecule has 2 aliphatic heterocycles. The first kappa shape index (κ1) is 16.7. The minimum absolute atomic E-state index is 0.0812. The molecule has 2 aromatic carbocycles. The number of aryl methyl sites for hydroxylation is 1. The van der Waals surface area contributed by atoms with Crippen LogP contribution in [0.3, 0.4) is 0 Å². The Morgan fingerprint density at radius 3 is 2.62 bits per heavy atom. The van der Waals surface area contributed by atoms with Gasteiger partial charge in [0.2, 0.25) is 5.91 Å². The van der Waals surface area contributed by atoms with Gasteiger partial charge in [0.05, 0.1) is 26.1 Å². The van der Waals surface area contributed by atoms with Crippen LogP contribution < -0.4 is 0 Å². The number of rotatable bonds is 3. The maximum absolute atomic E-state index is 13.7. The third-order valence-electron chi connectivity index (χ3n) is 4.89. The van der Waals surface area contributed by atoms with Crippen LogP contribution in [0.4, 0.5) is 4.39 Å². The molecule has 0 aliphatic carbocycles. The van der Waals surface area contributed by atoms with Crippen LogP contribution in [-0.2, 0) is 16.2 Å². The molecule has 6 heteroatoms. The summed E-state index contributed by atoms with van der Waals surface area (Å²) in [5.74, 6) is -0.721. The smallest absolute Gasteiger partial charge is 0.254 e. The van der Waals surface area contributed by atoms with Crippen LogP contribution in [0, 0.1) is 12.7 Å². The van der Waals surface area contributed by atoms with Crippen LogP contribution in [0.15, 0.2) is 48.5 Å². The van der Waals surface area contributed by atoms with Crippen molar-refractivity contribution >= 4 is 11.8 Å². The van der Waals surface area contributed by atoms with Gasteiger partial charge in [0.1, 0.15) is 11.4 Å². The number of carbonyl (C=O) groups is 2. The van der Waals surface area contributed by atoms with Gasteiger partial charge in [-0.1, -0.05) is 36.4 Å². The van der Waals surface area contributed by atoms with E-state index in [4.69, 9.17) is 4.84 Å². The highest BCUT2D eigenvalue weighted by atomic mass is 19.1. The first-order chi connectivity index (χ1) is 12.5. The molecule has 4 rings (SSSR count). The molecule has 1 spiro atoms. The molecule has 26 heavy (non-hydrogen) atoms. The standard InChI is InChI=1S/C20H19FN2O3/c1-14-7-8-16(9-17(14)21)19(25)22-12-20(13-22)10-18(24)23(26-20)11-15-5-3-2-4-6-15/h2-9H,10-13H2,1H3. The summed E-state index contributed by atoms with van der Waals surface area (Å²) < 4.78 is 13.7. The van der Waals surface area contributed by atoms with Crippen molar-refractivity contribution in [2.75, 3.05) is 13.1 Å². The molecule has 2 saturated heterocycles.